The number of fused-ring (bicyclic) bond motifs is 1. The van der Waals surface area contributed by atoms with Crippen LogP contribution in [0, 0.1) is 23.5 Å². The van der Waals surface area contributed by atoms with Gasteiger partial charge in [-0.05, 0) is 38.2 Å². The summed E-state index contributed by atoms with van der Waals surface area (Å²) in [6.45, 7) is -0.829. The largest absolute Gasteiger partial charge is 0.391 e. The Bertz CT molecular complexity index is 1050. The molecule has 0 radical (unpaired) electrons. The molecular weight excluding hydrogens is 465 g/mol. The van der Waals surface area contributed by atoms with E-state index in [4.69, 9.17) is 0 Å². The van der Waals surface area contributed by atoms with Gasteiger partial charge in [0.25, 0.3) is 5.91 Å². The minimum atomic E-state index is -4.31. The number of carbonyl (C=O) groups excluding carboxylic acids is 4. The van der Waals surface area contributed by atoms with Gasteiger partial charge >= 0.3 is 6.18 Å². The van der Waals surface area contributed by atoms with Gasteiger partial charge in [0, 0.05) is 30.0 Å². The number of benzene rings is 1. The standard InChI is InChI=1S/C22H22F5N3O4/c23-15-7-12-14(9-30(21(12)34)16-5-6-17(31)29-20(16)33)18(24)13(15)8-28-19(32)10-1-3-11(4-2-10)22(25,26)27/h7,10-11,16H,1-6,8-9H2,(H,28,32)(H,29,31,33). The van der Waals surface area contributed by atoms with E-state index < -0.39 is 71.4 Å². The highest BCUT2D eigenvalue weighted by molar-refractivity contribution is 6.05. The van der Waals surface area contributed by atoms with Gasteiger partial charge in [-0.25, -0.2) is 8.78 Å². The quantitative estimate of drug-likeness (QED) is 0.505. The third-order valence-corrected chi connectivity index (χ3v) is 6.82. The van der Waals surface area contributed by atoms with Crippen LogP contribution >= 0.6 is 0 Å². The van der Waals surface area contributed by atoms with Crippen LogP contribution in [0.3, 0.4) is 0 Å². The zero-order valence-electron chi connectivity index (χ0n) is 17.9. The molecule has 0 spiro atoms. The Morgan fingerprint density at radius 2 is 1.76 bits per heavy atom. The first-order chi connectivity index (χ1) is 16.0. The van der Waals surface area contributed by atoms with E-state index >= 15 is 4.39 Å². The number of hydrogen-bond donors (Lipinski definition) is 2. The highest BCUT2D eigenvalue weighted by Crippen LogP contribution is 2.39. The number of piperidine rings is 1. The average Bonchev–Trinajstić information content (AvgIpc) is 3.09. The smallest absolute Gasteiger partial charge is 0.352 e. The molecule has 7 nitrogen and oxygen atoms in total. The van der Waals surface area contributed by atoms with Crippen LogP contribution in [0.25, 0.3) is 0 Å². The molecule has 1 aromatic rings. The number of hydrogen-bond acceptors (Lipinski definition) is 4. The Morgan fingerprint density at radius 1 is 1.09 bits per heavy atom. The van der Waals surface area contributed by atoms with E-state index in [0.29, 0.717) is 0 Å². The first-order valence-corrected chi connectivity index (χ1v) is 11.0. The van der Waals surface area contributed by atoms with Crippen LogP contribution in [0.1, 0.15) is 60.0 Å². The number of halogens is 5. The fourth-order valence-electron chi connectivity index (χ4n) is 4.84. The molecule has 3 aliphatic rings. The highest BCUT2D eigenvalue weighted by Gasteiger charge is 2.43. The molecule has 2 aliphatic heterocycles. The van der Waals surface area contributed by atoms with E-state index in [1.54, 1.807) is 0 Å². The second kappa shape index (κ2) is 8.95. The molecule has 0 bridgehead atoms. The van der Waals surface area contributed by atoms with Crippen LogP contribution in [0.5, 0.6) is 0 Å². The summed E-state index contributed by atoms with van der Waals surface area (Å²) in [5.74, 6) is -6.70. The summed E-state index contributed by atoms with van der Waals surface area (Å²) >= 11 is 0. The first kappa shape index (κ1) is 24.1. The molecule has 1 atom stereocenters. The van der Waals surface area contributed by atoms with Crippen molar-refractivity contribution >= 4 is 23.6 Å². The fourth-order valence-corrected chi connectivity index (χ4v) is 4.84. The fraction of sp³-hybridized carbons (Fsp3) is 0.545. The Labute approximate surface area is 191 Å². The van der Waals surface area contributed by atoms with Gasteiger partial charge in [-0.3, -0.25) is 24.5 Å². The summed E-state index contributed by atoms with van der Waals surface area (Å²) in [5, 5.41) is 4.51. The lowest BCUT2D eigenvalue weighted by molar-refractivity contribution is -0.184. The van der Waals surface area contributed by atoms with Gasteiger partial charge in [0.15, 0.2) is 0 Å². The predicted octanol–water partition coefficient (Wildman–Crippen LogP) is 2.71. The van der Waals surface area contributed by atoms with Crippen LogP contribution in [0.15, 0.2) is 6.07 Å². The Balaban J connectivity index is 1.43. The summed E-state index contributed by atoms with van der Waals surface area (Å²) in [4.78, 5) is 49.6. The molecule has 1 unspecified atom stereocenters. The molecular formula is C22H22F5N3O4. The van der Waals surface area contributed by atoms with Gasteiger partial charge in [0.2, 0.25) is 17.7 Å². The Morgan fingerprint density at radius 3 is 2.38 bits per heavy atom. The van der Waals surface area contributed by atoms with Crippen molar-refractivity contribution in [2.45, 2.75) is 63.8 Å². The Kier molecular flexibility index (Phi) is 6.34. The maximum absolute atomic E-state index is 15.1. The first-order valence-electron chi connectivity index (χ1n) is 11.0. The molecule has 1 saturated heterocycles. The minimum absolute atomic E-state index is 0.00946. The van der Waals surface area contributed by atoms with Crippen LogP contribution in [0.2, 0.25) is 0 Å². The maximum atomic E-state index is 15.1. The van der Waals surface area contributed by atoms with Crippen molar-refractivity contribution in [3.8, 4) is 0 Å². The normalized spacial score (nSPS) is 25.3. The van der Waals surface area contributed by atoms with Crippen molar-refractivity contribution < 1.29 is 41.1 Å². The van der Waals surface area contributed by atoms with E-state index in [9.17, 15) is 36.7 Å². The van der Waals surface area contributed by atoms with Crippen molar-refractivity contribution in [1.29, 1.82) is 0 Å². The molecule has 34 heavy (non-hydrogen) atoms. The van der Waals surface area contributed by atoms with Crippen molar-refractivity contribution in [2.75, 3.05) is 0 Å². The number of amides is 4. The SMILES string of the molecule is O=C1CCC(N2Cc3c(cc(F)c(CNC(=O)C4CCC(C(F)(F)F)CC4)c3F)C2=O)C(=O)N1. The van der Waals surface area contributed by atoms with Crippen LogP contribution in [-0.2, 0) is 27.5 Å². The highest BCUT2D eigenvalue weighted by atomic mass is 19.4. The lowest BCUT2D eigenvalue weighted by atomic mass is 9.81. The minimum Gasteiger partial charge on any atom is -0.352 e. The van der Waals surface area contributed by atoms with Crippen LogP contribution < -0.4 is 10.6 Å². The summed E-state index contributed by atoms with van der Waals surface area (Å²) in [6.07, 6.45) is -4.54. The van der Waals surface area contributed by atoms with Gasteiger partial charge in [-0.15, -0.1) is 0 Å². The molecule has 0 aromatic heterocycles. The number of alkyl halides is 3. The molecule has 4 rings (SSSR count). The number of nitrogens with zero attached hydrogens (tertiary/aromatic N) is 1. The molecule has 2 N–H and O–H groups in total. The molecule has 4 amide bonds. The predicted molar refractivity (Wildman–Crippen MR) is 106 cm³/mol. The van der Waals surface area contributed by atoms with E-state index in [1.165, 1.54) is 0 Å². The van der Waals surface area contributed by atoms with E-state index in [2.05, 4.69) is 10.6 Å². The van der Waals surface area contributed by atoms with E-state index in [0.717, 1.165) is 11.0 Å². The monoisotopic (exact) mass is 487 g/mol. The van der Waals surface area contributed by atoms with Crippen molar-refractivity contribution in [3.63, 3.8) is 0 Å². The van der Waals surface area contributed by atoms with Gasteiger partial charge in [-0.1, -0.05) is 0 Å². The summed E-state index contributed by atoms with van der Waals surface area (Å²) < 4.78 is 68.2. The lowest BCUT2D eigenvalue weighted by Gasteiger charge is -2.29. The molecule has 1 saturated carbocycles. The third-order valence-electron chi connectivity index (χ3n) is 6.82. The van der Waals surface area contributed by atoms with E-state index in [1.807, 2.05) is 0 Å². The molecule has 1 aromatic carbocycles. The van der Waals surface area contributed by atoms with Crippen molar-refractivity contribution in [1.82, 2.24) is 15.5 Å². The Hall–Kier alpha value is -3.05. The maximum Gasteiger partial charge on any atom is 0.391 e. The average molecular weight is 487 g/mol. The number of nitrogens with one attached hydrogen (secondary N) is 2. The second-order valence-electron chi connectivity index (χ2n) is 8.88. The van der Waals surface area contributed by atoms with Gasteiger partial charge in [-0.2, -0.15) is 13.2 Å². The molecule has 184 valence electrons. The van der Waals surface area contributed by atoms with Crippen LogP contribution in [-0.4, -0.2) is 40.7 Å². The van der Waals surface area contributed by atoms with Gasteiger partial charge < -0.3 is 10.2 Å². The number of rotatable bonds is 4. The number of imide groups is 1. The second-order valence-corrected chi connectivity index (χ2v) is 8.88. The van der Waals surface area contributed by atoms with Crippen molar-refractivity contribution in [2.24, 2.45) is 11.8 Å². The molecule has 1 aliphatic carbocycles. The molecule has 2 fully saturated rings. The summed E-state index contributed by atoms with van der Waals surface area (Å²) in [6, 6.07) is -0.141. The molecule has 2 heterocycles. The molecule has 12 heteroatoms. The zero-order valence-corrected chi connectivity index (χ0v) is 17.9. The van der Waals surface area contributed by atoms with Gasteiger partial charge in [0.05, 0.1) is 18.0 Å². The van der Waals surface area contributed by atoms with E-state index in [-0.39, 0.29) is 56.2 Å². The summed E-state index contributed by atoms with van der Waals surface area (Å²) in [7, 11) is 0. The number of carbonyl (C=O) groups is 4. The van der Waals surface area contributed by atoms with Gasteiger partial charge in [0.1, 0.15) is 17.7 Å². The third kappa shape index (κ3) is 4.49. The summed E-state index contributed by atoms with van der Waals surface area (Å²) in [5.41, 5.74) is -0.833. The van der Waals surface area contributed by atoms with Crippen molar-refractivity contribution in [3.05, 3.63) is 34.4 Å². The zero-order chi connectivity index (χ0) is 24.8. The van der Waals surface area contributed by atoms with Crippen LogP contribution in [0.4, 0.5) is 22.0 Å². The lowest BCUT2D eigenvalue weighted by Crippen LogP contribution is -2.52. The topological polar surface area (TPSA) is 95.6 Å².